The topological polar surface area (TPSA) is 117 Å². The minimum atomic E-state index is -0.258. The summed E-state index contributed by atoms with van der Waals surface area (Å²) < 4.78 is 2.09. The summed E-state index contributed by atoms with van der Waals surface area (Å²) in [5.41, 5.74) is 10.8. The molecule has 2 aromatic heterocycles. The highest BCUT2D eigenvalue weighted by Gasteiger charge is 2.21. The largest absolute Gasteiger partial charge is 0.398 e. The van der Waals surface area contributed by atoms with Crippen LogP contribution in [0.1, 0.15) is 64.8 Å². The Morgan fingerprint density at radius 2 is 1.94 bits per heavy atom. The fourth-order valence-corrected chi connectivity index (χ4v) is 3.90. The van der Waals surface area contributed by atoms with Crippen LogP contribution in [0.25, 0.3) is 11.0 Å². The van der Waals surface area contributed by atoms with E-state index in [4.69, 9.17) is 27.3 Å². The molecule has 9 heteroatoms. The third kappa shape index (κ3) is 4.76. The van der Waals surface area contributed by atoms with Crippen molar-refractivity contribution in [1.82, 2.24) is 19.7 Å². The number of nitrogens with two attached hydrogens (primary N) is 1. The summed E-state index contributed by atoms with van der Waals surface area (Å²) >= 11 is 6.37. The molecule has 0 aliphatic rings. The van der Waals surface area contributed by atoms with Crippen molar-refractivity contribution >= 4 is 34.1 Å². The summed E-state index contributed by atoms with van der Waals surface area (Å²) in [6.45, 7) is 12.9. The van der Waals surface area contributed by atoms with Gasteiger partial charge in [0.25, 0.3) is 0 Å². The minimum absolute atomic E-state index is 0.0448. The molecule has 174 valence electrons. The number of hydrogen-bond donors (Lipinski definition) is 4. The molecule has 1 aromatic carbocycles. The molecule has 0 aliphatic heterocycles. The highest BCUT2D eigenvalue weighted by molar-refractivity contribution is 6.31. The van der Waals surface area contributed by atoms with E-state index < -0.39 is 0 Å². The average molecular weight is 460 g/mol. The van der Waals surface area contributed by atoms with Crippen LogP contribution in [0.3, 0.4) is 0 Å². The van der Waals surface area contributed by atoms with E-state index in [9.17, 15) is 5.11 Å². The number of benzene rings is 1. The molecule has 0 spiro atoms. The molecule has 0 aliphatic carbocycles. The third-order valence-electron chi connectivity index (χ3n) is 5.58. The van der Waals surface area contributed by atoms with Crippen molar-refractivity contribution in [1.29, 1.82) is 0 Å². The molecular formula is C23H34ClN7O. The number of nitrogens with one attached hydrogen (secondary N) is 2. The van der Waals surface area contributed by atoms with Gasteiger partial charge >= 0.3 is 0 Å². The molecule has 0 bridgehead atoms. The van der Waals surface area contributed by atoms with E-state index in [1.807, 2.05) is 32.0 Å². The maximum absolute atomic E-state index is 9.89. The molecule has 0 radical (unpaired) electrons. The first-order valence-corrected chi connectivity index (χ1v) is 11.4. The van der Waals surface area contributed by atoms with Crippen LogP contribution < -0.4 is 16.7 Å². The van der Waals surface area contributed by atoms with Crippen LogP contribution in [0.15, 0.2) is 23.2 Å². The van der Waals surface area contributed by atoms with Crippen LogP contribution in [0.5, 0.6) is 0 Å². The van der Waals surface area contributed by atoms with Gasteiger partial charge in [-0.2, -0.15) is 10.1 Å². The van der Waals surface area contributed by atoms with Crippen LogP contribution >= 0.6 is 11.6 Å². The lowest BCUT2D eigenvalue weighted by atomic mass is 10.1. The first-order valence-electron chi connectivity index (χ1n) is 11.1. The second-order valence-corrected chi connectivity index (χ2v) is 9.40. The van der Waals surface area contributed by atoms with E-state index in [2.05, 4.69) is 47.8 Å². The summed E-state index contributed by atoms with van der Waals surface area (Å²) in [4.78, 5) is 9.70. The maximum Gasteiger partial charge on any atom is 0.228 e. The van der Waals surface area contributed by atoms with E-state index in [0.29, 0.717) is 28.7 Å². The Kier molecular flexibility index (Phi) is 7.46. The summed E-state index contributed by atoms with van der Waals surface area (Å²) in [5.74, 6) is 0.996. The van der Waals surface area contributed by atoms with Gasteiger partial charge in [-0.1, -0.05) is 45.4 Å². The van der Waals surface area contributed by atoms with Crippen LogP contribution in [0, 0.1) is 5.92 Å². The van der Waals surface area contributed by atoms with Crippen LogP contribution in [-0.2, 0) is 6.54 Å². The molecular weight excluding hydrogens is 426 g/mol. The number of aromatic nitrogens is 4. The Bertz CT molecular complexity index is 1130. The van der Waals surface area contributed by atoms with Gasteiger partial charge in [0, 0.05) is 28.9 Å². The van der Waals surface area contributed by atoms with Crippen molar-refractivity contribution in [3.8, 4) is 0 Å². The number of nitrogens with zero attached hydrogens (tertiary/aromatic N) is 4. The Labute approximate surface area is 193 Å². The van der Waals surface area contributed by atoms with Gasteiger partial charge in [0.15, 0.2) is 11.3 Å². The number of hydrogen-bond acceptors (Lipinski definition) is 6. The molecule has 0 saturated carbocycles. The van der Waals surface area contributed by atoms with Crippen molar-refractivity contribution in [2.75, 3.05) is 17.7 Å². The van der Waals surface area contributed by atoms with Crippen LogP contribution in [-0.4, -0.2) is 37.5 Å². The summed E-state index contributed by atoms with van der Waals surface area (Å²) in [7, 11) is 0. The molecule has 3 aromatic rings. The molecule has 5 N–H and O–H groups in total. The fraction of sp³-hybridized carbons (Fsp3) is 0.522. The van der Waals surface area contributed by atoms with Gasteiger partial charge in [0.05, 0.1) is 23.9 Å². The van der Waals surface area contributed by atoms with Gasteiger partial charge in [-0.25, -0.2) is 4.99 Å². The van der Waals surface area contributed by atoms with Gasteiger partial charge in [0.1, 0.15) is 0 Å². The Morgan fingerprint density at radius 1 is 1.22 bits per heavy atom. The van der Waals surface area contributed by atoms with E-state index in [1.165, 1.54) is 0 Å². The third-order valence-corrected chi connectivity index (χ3v) is 5.93. The van der Waals surface area contributed by atoms with E-state index in [-0.39, 0.29) is 30.5 Å². The predicted octanol–water partition coefficient (Wildman–Crippen LogP) is 4.23. The lowest BCUT2D eigenvalue weighted by molar-refractivity contribution is 0.235. The molecule has 1 atom stereocenters. The smallest absolute Gasteiger partial charge is 0.228 e. The van der Waals surface area contributed by atoms with E-state index in [0.717, 1.165) is 22.3 Å². The zero-order valence-electron chi connectivity index (χ0n) is 19.6. The molecule has 8 nitrogen and oxygen atoms in total. The van der Waals surface area contributed by atoms with Crippen LogP contribution in [0.2, 0.25) is 5.02 Å². The molecule has 32 heavy (non-hydrogen) atoms. The summed E-state index contributed by atoms with van der Waals surface area (Å²) in [6, 6.07) is 5.30. The number of fused-ring (bicyclic) bond motifs is 1. The Hall–Kier alpha value is -2.58. The quantitative estimate of drug-likeness (QED) is 0.376. The highest BCUT2D eigenvalue weighted by atomic mass is 35.5. The zero-order chi connectivity index (χ0) is 23.6. The Morgan fingerprint density at radius 3 is 2.50 bits per heavy atom. The predicted molar refractivity (Wildman–Crippen MR) is 131 cm³/mol. The zero-order valence-corrected chi connectivity index (χ0v) is 20.4. The monoisotopic (exact) mass is 459 g/mol. The van der Waals surface area contributed by atoms with Gasteiger partial charge in [-0.15, -0.1) is 0 Å². The number of anilines is 2. The molecule has 0 saturated heterocycles. The number of rotatable bonds is 8. The fourth-order valence-electron chi connectivity index (χ4n) is 3.65. The molecule has 0 fully saturated rings. The lowest BCUT2D eigenvalue weighted by Gasteiger charge is -2.19. The van der Waals surface area contributed by atoms with Crippen molar-refractivity contribution in [3.63, 3.8) is 0 Å². The second kappa shape index (κ2) is 9.92. The van der Waals surface area contributed by atoms with E-state index >= 15 is 0 Å². The first-order chi connectivity index (χ1) is 15.1. The number of aliphatic hydroxyl groups is 1. The van der Waals surface area contributed by atoms with Gasteiger partial charge in [-0.05, 0) is 37.8 Å². The molecule has 0 amide bonds. The number of aliphatic hydroxyl groups excluding tert-OH is 1. The van der Waals surface area contributed by atoms with Gasteiger partial charge in [-0.3, -0.25) is 5.10 Å². The lowest BCUT2D eigenvalue weighted by Crippen LogP contribution is -2.32. The van der Waals surface area contributed by atoms with Gasteiger partial charge in [0.2, 0.25) is 5.62 Å². The minimum Gasteiger partial charge on any atom is -0.398 e. The standard InChI is InChI=1S/C23H34ClN7O/c1-12(2)18(11-32)27-23-28-22(26-10-15-16(24)8-7-9-17(15)25)20-21(31(23)14(5)6)19(13(3)4)29-30-20/h7-9,12-14,18,32H,10-11,25H2,1-6H3,(H,29,30)(H,26,27,28). The van der Waals surface area contributed by atoms with Crippen LogP contribution in [0.4, 0.5) is 11.5 Å². The maximum atomic E-state index is 9.89. The van der Waals surface area contributed by atoms with Crippen molar-refractivity contribution in [3.05, 3.63) is 40.1 Å². The number of aromatic amines is 1. The normalized spacial score (nSPS) is 13.7. The number of nitrogen functional groups attached to an aromatic ring is 1. The number of H-pyrrole nitrogens is 1. The summed E-state index contributed by atoms with van der Waals surface area (Å²) in [6.07, 6.45) is 0. The van der Waals surface area contributed by atoms with Crippen molar-refractivity contribution < 1.29 is 5.11 Å². The first kappa shape index (κ1) is 24.1. The average Bonchev–Trinajstić information content (AvgIpc) is 3.16. The number of halogens is 1. The molecule has 2 heterocycles. The highest BCUT2D eigenvalue weighted by Crippen LogP contribution is 2.29. The second-order valence-electron chi connectivity index (χ2n) is 9.00. The van der Waals surface area contributed by atoms with Gasteiger partial charge < -0.3 is 20.7 Å². The molecule has 1 unspecified atom stereocenters. The van der Waals surface area contributed by atoms with Crippen molar-refractivity contribution in [2.24, 2.45) is 10.9 Å². The van der Waals surface area contributed by atoms with E-state index in [1.54, 1.807) is 0 Å². The SMILES string of the molecule is CC(C)c1[nH]nc2c(NCc3c(N)cccc3Cl)nc(=NC(CO)C(C)C)n(C(C)C)c12. The Balaban J connectivity index is 2.24. The van der Waals surface area contributed by atoms with Crippen molar-refractivity contribution in [2.45, 2.75) is 66.1 Å². The summed E-state index contributed by atoms with van der Waals surface area (Å²) in [5, 5.41) is 21.6. The molecule has 3 rings (SSSR count).